The smallest absolute Gasteiger partial charge is 0.212 e. The van der Waals surface area contributed by atoms with Gasteiger partial charge in [-0.25, -0.2) is 9.97 Å². The zero-order valence-corrected chi connectivity index (χ0v) is 12.5. The van der Waals surface area contributed by atoms with E-state index in [0.29, 0.717) is 5.88 Å². The van der Waals surface area contributed by atoms with Gasteiger partial charge in [0.1, 0.15) is 5.82 Å². The summed E-state index contributed by atoms with van der Waals surface area (Å²) in [6.45, 7) is 7.23. The fourth-order valence-electron chi connectivity index (χ4n) is 1.78. The molecule has 0 radical (unpaired) electrons. The number of methoxy groups -OCH3 is 1. The Kier molecular flexibility index (Phi) is 4.39. The van der Waals surface area contributed by atoms with Crippen molar-refractivity contribution in [3.8, 4) is 5.88 Å². The van der Waals surface area contributed by atoms with Crippen LogP contribution in [0.25, 0.3) is 0 Å². The average molecular weight is 274 g/mol. The Morgan fingerprint density at radius 1 is 1.20 bits per heavy atom. The van der Waals surface area contributed by atoms with Crippen LogP contribution in [0.4, 0.5) is 0 Å². The van der Waals surface area contributed by atoms with E-state index in [0.717, 1.165) is 30.0 Å². The number of hydrogen-bond acceptors (Lipinski definition) is 4. The summed E-state index contributed by atoms with van der Waals surface area (Å²) < 4.78 is 5.04. The maximum absolute atomic E-state index is 5.04. The molecule has 0 aliphatic rings. The Morgan fingerprint density at radius 3 is 2.60 bits per heavy atom. The second kappa shape index (κ2) is 6.05. The molecule has 0 atom stereocenters. The number of imidazole rings is 1. The Bertz CT molecular complexity index is 540. The van der Waals surface area contributed by atoms with Gasteiger partial charge in [0.25, 0.3) is 0 Å². The Morgan fingerprint density at radius 2 is 2.00 bits per heavy atom. The first-order valence-electron chi connectivity index (χ1n) is 6.73. The largest absolute Gasteiger partial charge is 0.481 e. The summed E-state index contributed by atoms with van der Waals surface area (Å²) in [5, 5.41) is 3.43. The normalized spacial score (nSPS) is 11.6. The third-order valence-corrected chi connectivity index (χ3v) is 2.87. The van der Waals surface area contributed by atoms with Crippen molar-refractivity contribution in [1.29, 1.82) is 0 Å². The van der Waals surface area contributed by atoms with Crippen LogP contribution in [0.5, 0.6) is 5.88 Å². The van der Waals surface area contributed by atoms with Crippen LogP contribution in [0.2, 0.25) is 0 Å². The lowest BCUT2D eigenvalue weighted by molar-refractivity contribution is 0.397. The second-order valence-electron chi connectivity index (χ2n) is 5.84. The van der Waals surface area contributed by atoms with E-state index in [1.54, 1.807) is 7.11 Å². The minimum atomic E-state index is 0.102. The van der Waals surface area contributed by atoms with Crippen LogP contribution in [0.15, 0.2) is 24.5 Å². The summed E-state index contributed by atoms with van der Waals surface area (Å²) in [4.78, 5) is 11.9. The van der Waals surface area contributed by atoms with E-state index in [2.05, 4.69) is 41.0 Å². The molecule has 0 amide bonds. The monoisotopic (exact) mass is 274 g/mol. The van der Waals surface area contributed by atoms with Crippen molar-refractivity contribution in [3.63, 3.8) is 0 Å². The van der Waals surface area contributed by atoms with Crippen LogP contribution >= 0.6 is 0 Å². The summed E-state index contributed by atoms with van der Waals surface area (Å²) >= 11 is 0. The van der Waals surface area contributed by atoms with E-state index in [1.165, 1.54) is 0 Å². The molecule has 0 fully saturated rings. The lowest BCUT2D eigenvalue weighted by atomic mass is 10.1. The standard InChI is InChI=1S/C15H22N4O/c1-15(2,3)18-10-12-9-16-13(19-12)7-11-5-6-14(20-4)17-8-11/h5-6,8-9,18H,7,10H2,1-4H3,(H,16,19). The molecule has 0 aromatic carbocycles. The Labute approximate surface area is 119 Å². The maximum atomic E-state index is 5.04. The molecule has 0 saturated carbocycles. The molecule has 2 rings (SSSR count). The summed E-state index contributed by atoms with van der Waals surface area (Å²) in [6, 6.07) is 3.86. The number of ether oxygens (including phenoxy) is 1. The van der Waals surface area contributed by atoms with Crippen LogP contribution in [0.3, 0.4) is 0 Å². The van der Waals surface area contributed by atoms with E-state index < -0.39 is 0 Å². The fraction of sp³-hybridized carbons (Fsp3) is 0.467. The summed E-state index contributed by atoms with van der Waals surface area (Å²) in [7, 11) is 1.61. The molecule has 0 aliphatic heterocycles. The minimum absolute atomic E-state index is 0.102. The number of pyridine rings is 1. The molecule has 5 nitrogen and oxygen atoms in total. The highest BCUT2D eigenvalue weighted by Crippen LogP contribution is 2.10. The number of hydrogen-bond donors (Lipinski definition) is 2. The SMILES string of the molecule is COc1ccc(Cc2ncc(CNC(C)(C)C)[nH]2)cn1. The first-order valence-corrected chi connectivity index (χ1v) is 6.73. The van der Waals surface area contributed by atoms with Crippen LogP contribution in [-0.4, -0.2) is 27.6 Å². The molecule has 0 unspecified atom stereocenters. The van der Waals surface area contributed by atoms with Gasteiger partial charge in [0.05, 0.1) is 7.11 Å². The third-order valence-electron chi connectivity index (χ3n) is 2.87. The minimum Gasteiger partial charge on any atom is -0.481 e. The Balaban J connectivity index is 1.94. The molecule has 0 bridgehead atoms. The van der Waals surface area contributed by atoms with Crippen molar-refractivity contribution in [3.05, 3.63) is 41.6 Å². The van der Waals surface area contributed by atoms with Gasteiger partial charge in [0, 0.05) is 42.7 Å². The number of rotatable bonds is 5. The number of aromatic nitrogens is 3. The first kappa shape index (κ1) is 14.5. The van der Waals surface area contributed by atoms with Crippen molar-refractivity contribution < 1.29 is 4.74 Å². The average Bonchev–Trinajstić information content (AvgIpc) is 2.84. The highest BCUT2D eigenvalue weighted by Gasteiger charge is 2.09. The predicted octanol–water partition coefficient (Wildman–Crippen LogP) is 2.29. The molecule has 20 heavy (non-hydrogen) atoms. The number of aromatic amines is 1. The van der Waals surface area contributed by atoms with E-state index in [4.69, 9.17) is 4.74 Å². The third kappa shape index (κ3) is 4.35. The molecule has 2 N–H and O–H groups in total. The van der Waals surface area contributed by atoms with Gasteiger partial charge in [0.2, 0.25) is 5.88 Å². The summed E-state index contributed by atoms with van der Waals surface area (Å²) in [6.07, 6.45) is 4.44. The van der Waals surface area contributed by atoms with Gasteiger partial charge in [-0.1, -0.05) is 6.07 Å². The van der Waals surface area contributed by atoms with Gasteiger partial charge in [-0.3, -0.25) is 0 Å². The van der Waals surface area contributed by atoms with Gasteiger partial charge in [-0.15, -0.1) is 0 Å². The van der Waals surface area contributed by atoms with Gasteiger partial charge in [-0.2, -0.15) is 0 Å². The molecule has 0 spiro atoms. The number of nitrogens with one attached hydrogen (secondary N) is 2. The van der Waals surface area contributed by atoms with E-state index in [-0.39, 0.29) is 5.54 Å². The lowest BCUT2D eigenvalue weighted by Gasteiger charge is -2.19. The summed E-state index contributed by atoms with van der Waals surface area (Å²) in [5.74, 6) is 1.57. The predicted molar refractivity (Wildman–Crippen MR) is 78.8 cm³/mol. The van der Waals surface area contributed by atoms with Gasteiger partial charge >= 0.3 is 0 Å². The van der Waals surface area contributed by atoms with Gasteiger partial charge in [-0.05, 0) is 26.3 Å². The van der Waals surface area contributed by atoms with Crippen LogP contribution in [0, 0.1) is 0 Å². The molecule has 0 aliphatic carbocycles. The van der Waals surface area contributed by atoms with E-state index >= 15 is 0 Å². The molecule has 5 heteroatoms. The second-order valence-corrected chi connectivity index (χ2v) is 5.84. The molecule has 0 saturated heterocycles. The van der Waals surface area contributed by atoms with Gasteiger partial charge in [0.15, 0.2) is 0 Å². The molecule has 2 aromatic heterocycles. The van der Waals surface area contributed by atoms with Crippen LogP contribution < -0.4 is 10.1 Å². The lowest BCUT2D eigenvalue weighted by Crippen LogP contribution is -2.35. The van der Waals surface area contributed by atoms with E-state index in [9.17, 15) is 0 Å². The number of nitrogens with zero attached hydrogens (tertiary/aromatic N) is 2. The zero-order valence-electron chi connectivity index (χ0n) is 12.5. The van der Waals surface area contributed by atoms with Crippen LogP contribution in [-0.2, 0) is 13.0 Å². The maximum Gasteiger partial charge on any atom is 0.212 e. The van der Waals surface area contributed by atoms with Crippen molar-refractivity contribution >= 4 is 0 Å². The zero-order chi connectivity index (χ0) is 14.6. The van der Waals surface area contributed by atoms with Crippen molar-refractivity contribution in [2.75, 3.05) is 7.11 Å². The fourth-order valence-corrected chi connectivity index (χ4v) is 1.78. The molecule has 2 heterocycles. The van der Waals surface area contributed by atoms with Crippen molar-refractivity contribution in [2.24, 2.45) is 0 Å². The quantitative estimate of drug-likeness (QED) is 0.878. The van der Waals surface area contributed by atoms with Crippen molar-refractivity contribution in [1.82, 2.24) is 20.3 Å². The molecule has 108 valence electrons. The van der Waals surface area contributed by atoms with Crippen molar-refractivity contribution in [2.45, 2.75) is 39.3 Å². The molecular formula is C15H22N4O. The topological polar surface area (TPSA) is 62.8 Å². The van der Waals surface area contributed by atoms with Crippen LogP contribution in [0.1, 0.15) is 37.9 Å². The number of H-pyrrole nitrogens is 1. The Hall–Kier alpha value is -1.88. The van der Waals surface area contributed by atoms with Gasteiger partial charge < -0.3 is 15.0 Å². The molecular weight excluding hydrogens is 252 g/mol. The first-order chi connectivity index (χ1) is 9.46. The van der Waals surface area contributed by atoms with E-state index in [1.807, 2.05) is 24.5 Å². The highest BCUT2D eigenvalue weighted by atomic mass is 16.5. The molecule has 2 aromatic rings. The highest BCUT2D eigenvalue weighted by molar-refractivity contribution is 5.21. The summed E-state index contributed by atoms with van der Waals surface area (Å²) in [5.41, 5.74) is 2.30.